The molecule has 1 aromatic rings. The van der Waals surface area contributed by atoms with E-state index in [-0.39, 0.29) is 20.4 Å². The van der Waals surface area contributed by atoms with Crippen molar-refractivity contribution in [2.75, 3.05) is 0 Å². The van der Waals surface area contributed by atoms with Gasteiger partial charge in [-0.15, -0.1) is 0 Å². The molecule has 0 bridgehead atoms. The van der Waals surface area contributed by atoms with E-state index in [2.05, 4.69) is 8.16 Å². The summed E-state index contributed by atoms with van der Waals surface area (Å²) in [5.74, 6) is 0. The van der Waals surface area contributed by atoms with Crippen LogP contribution in [0, 0.1) is 8.16 Å². The average Bonchev–Trinajstić information content (AvgIpc) is 1.76. The van der Waals surface area contributed by atoms with Crippen molar-refractivity contribution in [3.05, 3.63) is 20.3 Å². The van der Waals surface area contributed by atoms with Crippen LogP contribution in [0.15, 0.2) is 12.1 Å². The van der Waals surface area contributed by atoms with Gasteiger partial charge in [0.05, 0.1) is 0 Å². The molecular weight excluding hydrogens is 176 g/mol. The minimum atomic E-state index is -0.00667. The Morgan fingerprint density at radius 1 is 1.20 bits per heavy atom. The number of rotatable bonds is 0. The Morgan fingerprint density at radius 2 is 1.80 bits per heavy atom. The molecule has 1 aromatic heterocycles. The molecule has 0 spiro atoms. The van der Waals surface area contributed by atoms with Crippen LogP contribution in [0.5, 0.6) is 0 Å². The zero-order valence-electron chi connectivity index (χ0n) is 2.56. The maximum absolute atomic E-state index is 3.06. The van der Waals surface area contributed by atoms with Gasteiger partial charge in [-0.05, 0) is 0 Å². The summed E-state index contributed by atoms with van der Waals surface area (Å²) in [6.07, 6.45) is 0. The predicted octanol–water partition coefficient (Wildman–Crippen LogP) is 0.344. The monoisotopic (exact) mass is 180 g/mol. The summed E-state index contributed by atoms with van der Waals surface area (Å²) in [5.41, 5.74) is 0. The third-order valence-electron chi connectivity index (χ3n) is 0.337. The Kier molecular flexibility index (Phi) is 1.14. The summed E-state index contributed by atoms with van der Waals surface area (Å²) in [5, 5.41) is 0. The van der Waals surface area contributed by atoms with Gasteiger partial charge in [0.25, 0.3) is 0 Å². The van der Waals surface area contributed by atoms with E-state index in [1.807, 2.05) is 12.1 Å². The molecule has 5 heavy (non-hydrogen) atoms. The van der Waals surface area contributed by atoms with Crippen molar-refractivity contribution in [2.24, 2.45) is 0 Å². The van der Waals surface area contributed by atoms with Crippen LogP contribution in [0.1, 0.15) is 0 Å². The average molecular weight is 178 g/mol. The van der Waals surface area contributed by atoms with Gasteiger partial charge in [0, 0.05) is 0 Å². The van der Waals surface area contributed by atoms with E-state index in [9.17, 15) is 0 Å². The van der Waals surface area contributed by atoms with Crippen molar-refractivity contribution in [2.45, 2.75) is 0 Å². The second-order valence-corrected chi connectivity index (χ2v) is 2.60. The molecule has 0 aromatic carbocycles. The predicted molar refractivity (Wildman–Crippen MR) is 21.1 cm³/mol. The van der Waals surface area contributed by atoms with Gasteiger partial charge in [0.2, 0.25) is 0 Å². The summed E-state index contributed by atoms with van der Waals surface area (Å²) in [6.45, 7) is 0. The maximum atomic E-state index is 3.06. The van der Waals surface area contributed by atoms with Gasteiger partial charge < -0.3 is 0 Å². The molecule has 1 heterocycles. The van der Waals surface area contributed by atoms with Crippen LogP contribution in [0.2, 0.25) is 0 Å². The summed E-state index contributed by atoms with van der Waals surface area (Å²) in [7, 11) is 0. The molecule has 0 aliphatic heterocycles. The molecule has 0 saturated carbocycles. The zero-order chi connectivity index (χ0) is 3.54. The summed E-state index contributed by atoms with van der Waals surface area (Å²) >= 11 is -0.00667. The van der Waals surface area contributed by atoms with Gasteiger partial charge in [-0.1, -0.05) is 0 Å². The van der Waals surface area contributed by atoms with Crippen LogP contribution < -0.4 is 0 Å². The first-order valence-electron chi connectivity index (χ1n) is 1.32. The van der Waals surface area contributed by atoms with Crippen molar-refractivity contribution in [3.8, 4) is 0 Å². The summed E-state index contributed by atoms with van der Waals surface area (Å²) in [4.78, 5) is 0. The van der Waals surface area contributed by atoms with Crippen LogP contribution in [-0.2, 0) is 0 Å². The van der Waals surface area contributed by atoms with Gasteiger partial charge >= 0.3 is 40.7 Å². The van der Waals surface area contributed by atoms with Crippen molar-refractivity contribution in [3.63, 3.8) is 0 Å². The molecule has 0 aliphatic rings. The van der Waals surface area contributed by atoms with Gasteiger partial charge in [0.1, 0.15) is 0 Å². The molecular formula is C4H2Te. The Hall–Kier alpha value is 0.270. The van der Waals surface area contributed by atoms with E-state index >= 15 is 0 Å². The fraction of sp³-hybridized carbons (Fsp3) is 0. The van der Waals surface area contributed by atoms with Crippen molar-refractivity contribution < 1.29 is 0 Å². The number of hydrogen-bond donors (Lipinski definition) is 0. The Morgan fingerprint density at radius 3 is 2.00 bits per heavy atom. The van der Waals surface area contributed by atoms with E-state index in [1.165, 1.54) is 0 Å². The van der Waals surface area contributed by atoms with E-state index in [0.717, 1.165) is 0 Å². The Balaban J connectivity index is 3.13. The van der Waals surface area contributed by atoms with Crippen molar-refractivity contribution >= 4 is 20.4 Å². The molecule has 2 radical (unpaired) electrons. The van der Waals surface area contributed by atoms with Crippen molar-refractivity contribution in [1.29, 1.82) is 0 Å². The first-order chi connectivity index (χ1) is 2.50. The fourth-order valence-electron chi connectivity index (χ4n) is 0.170. The van der Waals surface area contributed by atoms with E-state index < -0.39 is 0 Å². The Bertz CT molecular complexity index is 60.1. The normalized spacial score (nSPS) is 8.00. The Labute approximate surface area is 41.1 Å². The number of hydrogen-bond acceptors (Lipinski definition) is 0. The molecule has 0 aliphatic carbocycles. The second-order valence-electron chi connectivity index (χ2n) is 0.671. The van der Waals surface area contributed by atoms with Crippen LogP contribution in [0.3, 0.4) is 0 Å². The summed E-state index contributed by atoms with van der Waals surface area (Å²) in [6, 6.07) is 3.87. The van der Waals surface area contributed by atoms with Crippen LogP contribution in [0.25, 0.3) is 0 Å². The molecule has 0 N–H and O–H groups in total. The van der Waals surface area contributed by atoms with Gasteiger partial charge in [-0.3, -0.25) is 0 Å². The van der Waals surface area contributed by atoms with E-state index in [0.29, 0.717) is 0 Å². The fourth-order valence-corrected chi connectivity index (χ4v) is 1.14. The molecule has 0 saturated heterocycles. The van der Waals surface area contributed by atoms with Crippen LogP contribution >= 0.6 is 0 Å². The van der Waals surface area contributed by atoms with Gasteiger partial charge in [0.15, 0.2) is 0 Å². The molecule has 0 amide bonds. The van der Waals surface area contributed by atoms with Gasteiger partial charge in [-0.2, -0.15) is 0 Å². The molecule has 0 unspecified atom stereocenters. The summed E-state index contributed by atoms with van der Waals surface area (Å²) < 4.78 is 6.12. The van der Waals surface area contributed by atoms with Crippen LogP contribution in [0.4, 0.5) is 0 Å². The molecule has 1 rings (SSSR count). The third-order valence-corrected chi connectivity index (χ3v) is 1.79. The first kappa shape index (κ1) is 3.46. The van der Waals surface area contributed by atoms with E-state index in [1.54, 1.807) is 0 Å². The van der Waals surface area contributed by atoms with Crippen molar-refractivity contribution in [1.82, 2.24) is 0 Å². The van der Waals surface area contributed by atoms with Crippen LogP contribution in [-0.4, -0.2) is 20.4 Å². The first-order valence-corrected chi connectivity index (χ1v) is 3.65. The molecule has 0 atom stereocenters. The zero-order valence-corrected chi connectivity index (χ0v) is 4.89. The third kappa shape index (κ3) is 0.792. The standard InChI is InChI=1S/C4H2Te/c1-2-4-5-3-1/h1-2H. The van der Waals surface area contributed by atoms with E-state index in [4.69, 9.17) is 0 Å². The molecule has 0 nitrogen and oxygen atoms in total. The minimum absolute atomic E-state index is 0.00667. The van der Waals surface area contributed by atoms with Gasteiger partial charge in [-0.25, -0.2) is 0 Å². The topological polar surface area (TPSA) is 0 Å². The molecule has 1 heteroatoms. The molecule has 24 valence electrons. The quantitative estimate of drug-likeness (QED) is 0.502. The second kappa shape index (κ2) is 1.64. The SMILES string of the molecule is [c]1cc[c][te]1. The molecule has 0 fully saturated rings.